The molecular formula is C45H36. The Labute approximate surface area is 267 Å². The second-order valence-corrected chi connectivity index (χ2v) is 11.9. The van der Waals surface area contributed by atoms with Crippen LogP contribution in [0.3, 0.4) is 0 Å². The fourth-order valence-electron chi connectivity index (χ4n) is 6.54. The van der Waals surface area contributed by atoms with E-state index < -0.39 is 0 Å². The Hall–Kier alpha value is -5.46. The molecule has 0 saturated carbocycles. The molecule has 0 heterocycles. The van der Waals surface area contributed by atoms with Crippen molar-refractivity contribution in [2.24, 2.45) is 0 Å². The molecule has 0 amide bonds. The minimum atomic E-state index is 0.460. The Balaban J connectivity index is 1.78. The van der Waals surface area contributed by atoms with Gasteiger partial charge in [0.1, 0.15) is 0 Å². The van der Waals surface area contributed by atoms with E-state index in [-0.39, 0.29) is 0 Å². The summed E-state index contributed by atoms with van der Waals surface area (Å²) in [5.74, 6) is 0.460. The van der Waals surface area contributed by atoms with Crippen LogP contribution in [0.1, 0.15) is 25.3 Å². The first-order valence-corrected chi connectivity index (χ1v) is 15.8. The summed E-state index contributed by atoms with van der Waals surface area (Å²) in [6.45, 7) is 4.52. The second-order valence-electron chi connectivity index (χ2n) is 11.9. The zero-order valence-corrected chi connectivity index (χ0v) is 25.8. The van der Waals surface area contributed by atoms with Gasteiger partial charge in [0.2, 0.25) is 0 Å². The van der Waals surface area contributed by atoms with Crippen molar-refractivity contribution in [1.29, 1.82) is 0 Å². The van der Waals surface area contributed by atoms with Gasteiger partial charge in [-0.2, -0.15) is 0 Å². The van der Waals surface area contributed by atoms with Crippen molar-refractivity contribution >= 4 is 0 Å². The van der Waals surface area contributed by atoms with Gasteiger partial charge < -0.3 is 0 Å². The van der Waals surface area contributed by atoms with Crippen LogP contribution in [-0.4, -0.2) is 0 Å². The van der Waals surface area contributed by atoms with Crippen molar-refractivity contribution in [3.05, 3.63) is 181 Å². The molecule has 7 aromatic rings. The molecule has 0 aliphatic carbocycles. The molecule has 7 rings (SSSR count). The first kappa shape index (κ1) is 28.3. The van der Waals surface area contributed by atoms with Crippen molar-refractivity contribution in [2.45, 2.75) is 19.8 Å². The Morgan fingerprint density at radius 1 is 0.244 bits per heavy atom. The van der Waals surface area contributed by atoms with Crippen LogP contribution in [-0.2, 0) is 0 Å². The Morgan fingerprint density at radius 2 is 0.444 bits per heavy atom. The van der Waals surface area contributed by atoms with Crippen LogP contribution >= 0.6 is 0 Å². The third-order valence-corrected chi connectivity index (χ3v) is 8.68. The van der Waals surface area contributed by atoms with Gasteiger partial charge in [0.25, 0.3) is 0 Å². The fourth-order valence-corrected chi connectivity index (χ4v) is 6.54. The van der Waals surface area contributed by atoms with Crippen molar-refractivity contribution < 1.29 is 0 Å². The number of hydrogen-bond acceptors (Lipinski definition) is 0. The molecule has 0 fully saturated rings. The third-order valence-electron chi connectivity index (χ3n) is 8.68. The molecule has 0 N–H and O–H groups in total. The zero-order valence-electron chi connectivity index (χ0n) is 25.8. The van der Waals surface area contributed by atoms with E-state index in [0.29, 0.717) is 5.92 Å². The van der Waals surface area contributed by atoms with E-state index in [1.165, 1.54) is 72.3 Å². The monoisotopic (exact) mass is 576 g/mol. The first-order chi connectivity index (χ1) is 22.2. The number of hydrogen-bond donors (Lipinski definition) is 0. The van der Waals surface area contributed by atoms with E-state index in [9.17, 15) is 0 Å². The van der Waals surface area contributed by atoms with E-state index in [0.717, 1.165) is 0 Å². The van der Waals surface area contributed by atoms with Crippen LogP contribution < -0.4 is 0 Å². The summed E-state index contributed by atoms with van der Waals surface area (Å²) in [5.41, 5.74) is 16.0. The van der Waals surface area contributed by atoms with E-state index in [4.69, 9.17) is 0 Å². The Kier molecular flexibility index (Phi) is 7.96. The lowest BCUT2D eigenvalue weighted by Gasteiger charge is -2.29. The van der Waals surface area contributed by atoms with Crippen molar-refractivity contribution in [2.75, 3.05) is 0 Å². The summed E-state index contributed by atoms with van der Waals surface area (Å²) in [6, 6.07) is 64.0. The van der Waals surface area contributed by atoms with Crippen molar-refractivity contribution in [1.82, 2.24) is 0 Å². The average Bonchev–Trinajstić information content (AvgIpc) is 3.12. The molecule has 0 atom stereocenters. The van der Waals surface area contributed by atoms with Gasteiger partial charge in [-0.3, -0.25) is 0 Å². The minimum Gasteiger partial charge on any atom is -0.0622 e. The normalized spacial score (nSPS) is 11.1. The molecule has 0 radical (unpaired) electrons. The first-order valence-electron chi connectivity index (χ1n) is 15.8. The predicted octanol–water partition coefficient (Wildman–Crippen LogP) is 12.8. The van der Waals surface area contributed by atoms with Crippen LogP contribution in [0.2, 0.25) is 0 Å². The smallest absolute Gasteiger partial charge is 0.00139 e. The molecule has 0 aromatic heterocycles. The van der Waals surface area contributed by atoms with Crippen LogP contribution in [0.15, 0.2) is 176 Å². The topological polar surface area (TPSA) is 0 Å². The van der Waals surface area contributed by atoms with Gasteiger partial charge in [-0.05, 0) is 78.2 Å². The highest BCUT2D eigenvalue weighted by Crippen LogP contribution is 2.55. The SMILES string of the molecule is CC(C)c1ccc(-c2c(-c3ccccc3)c(-c3ccccc3)c(-c3ccccc3)c(-c3ccccc3)c2-c2ccccc2)cc1. The Bertz CT molecular complexity index is 1900. The van der Waals surface area contributed by atoms with Gasteiger partial charge in [-0.25, -0.2) is 0 Å². The van der Waals surface area contributed by atoms with Gasteiger partial charge in [0.05, 0.1) is 0 Å². The lowest BCUT2D eigenvalue weighted by atomic mass is 9.74. The van der Waals surface area contributed by atoms with Gasteiger partial charge >= 0.3 is 0 Å². The van der Waals surface area contributed by atoms with Crippen LogP contribution in [0.5, 0.6) is 0 Å². The average molecular weight is 577 g/mol. The van der Waals surface area contributed by atoms with Gasteiger partial charge in [-0.15, -0.1) is 0 Å². The van der Waals surface area contributed by atoms with Crippen molar-refractivity contribution in [3.63, 3.8) is 0 Å². The minimum absolute atomic E-state index is 0.460. The summed E-state index contributed by atoms with van der Waals surface area (Å²) < 4.78 is 0. The standard InChI is InChI=1S/C45H36/c1-32(2)33-28-30-39(31-29-33)45-43(37-24-14-6-15-25-37)41(35-20-10-4-11-21-35)40(34-18-8-3-9-19-34)42(36-22-12-5-13-23-36)44(45)38-26-16-7-17-27-38/h3-32H,1-2H3. The lowest BCUT2D eigenvalue weighted by molar-refractivity contribution is 0.867. The quantitative estimate of drug-likeness (QED) is 0.177. The highest BCUT2D eigenvalue weighted by atomic mass is 14.3. The van der Waals surface area contributed by atoms with Crippen LogP contribution in [0.4, 0.5) is 0 Å². The second kappa shape index (κ2) is 12.6. The molecule has 216 valence electrons. The van der Waals surface area contributed by atoms with Crippen LogP contribution in [0.25, 0.3) is 66.8 Å². The van der Waals surface area contributed by atoms with E-state index >= 15 is 0 Å². The largest absolute Gasteiger partial charge is 0.0622 e. The highest BCUT2D eigenvalue weighted by Gasteiger charge is 2.28. The molecule has 0 nitrogen and oxygen atoms in total. The number of rotatable bonds is 7. The summed E-state index contributed by atoms with van der Waals surface area (Å²) in [4.78, 5) is 0. The summed E-state index contributed by atoms with van der Waals surface area (Å²) in [6.07, 6.45) is 0. The van der Waals surface area contributed by atoms with Gasteiger partial charge in [0, 0.05) is 0 Å². The Morgan fingerprint density at radius 3 is 0.644 bits per heavy atom. The zero-order chi connectivity index (χ0) is 30.6. The molecule has 0 bridgehead atoms. The summed E-state index contributed by atoms with van der Waals surface area (Å²) >= 11 is 0. The molecule has 45 heavy (non-hydrogen) atoms. The van der Waals surface area contributed by atoms with Crippen molar-refractivity contribution in [3.8, 4) is 66.8 Å². The summed E-state index contributed by atoms with van der Waals surface area (Å²) in [7, 11) is 0. The molecule has 0 saturated heterocycles. The van der Waals surface area contributed by atoms with Gasteiger partial charge in [-0.1, -0.05) is 190 Å². The molecule has 0 aliphatic rings. The van der Waals surface area contributed by atoms with E-state index in [1.807, 2.05) is 0 Å². The maximum absolute atomic E-state index is 2.33. The van der Waals surface area contributed by atoms with E-state index in [2.05, 4.69) is 190 Å². The molecule has 0 unspecified atom stereocenters. The number of benzene rings is 7. The maximum Gasteiger partial charge on any atom is -0.00139 e. The molecule has 7 aromatic carbocycles. The third kappa shape index (κ3) is 5.52. The van der Waals surface area contributed by atoms with Gasteiger partial charge in [0.15, 0.2) is 0 Å². The summed E-state index contributed by atoms with van der Waals surface area (Å²) in [5, 5.41) is 0. The predicted molar refractivity (Wildman–Crippen MR) is 193 cm³/mol. The highest BCUT2D eigenvalue weighted by molar-refractivity contribution is 6.15. The molecule has 0 heteroatoms. The maximum atomic E-state index is 2.33. The van der Waals surface area contributed by atoms with E-state index in [1.54, 1.807) is 0 Å². The fraction of sp³-hybridized carbons (Fsp3) is 0.0667. The molecule has 0 aliphatic heterocycles. The molecular weight excluding hydrogens is 540 g/mol. The molecule has 0 spiro atoms. The van der Waals surface area contributed by atoms with Crippen LogP contribution in [0, 0.1) is 0 Å². The lowest BCUT2D eigenvalue weighted by Crippen LogP contribution is -2.02.